The Morgan fingerprint density at radius 1 is 1.03 bits per heavy atom. The van der Waals surface area contributed by atoms with Gasteiger partial charge in [-0.3, -0.25) is 9.59 Å². The number of aryl methyl sites for hydroxylation is 1. The fourth-order valence-corrected chi connectivity index (χ4v) is 3.66. The van der Waals surface area contributed by atoms with Gasteiger partial charge >= 0.3 is 0 Å². The monoisotopic (exact) mass is 419 g/mol. The van der Waals surface area contributed by atoms with E-state index in [1.807, 2.05) is 45.0 Å². The number of ether oxygens (including phenoxy) is 1. The highest BCUT2D eigenvalue weighted by molar-refractivity contribution is 6.05. The minimum atomic E-state index is -0.365. The molecule has 3 aromatic rings. The number of rotatable bonds is 4. The number of morpholine rings is 1. The van der Waals surface area contributed by atoms with Gasteiger partial charge in [0, 0.05) is 24.3 Å². The highest BCUT2D eigenvalue weighted by Crippen LogP contribution is 2.22. The molecule has 1 aliphatic rings. The Bertz CT molecular complexity index is 1130. The first kappa shape index (κ1) is 20.7. The second-order valence-electron chi connectivity index (χ2n) is 7.61. The summed E-state index contributed by atoms with van der Waals surface area (Å²) in [6, 6.07) is 13.2. The maximum absolute atomic E-state index is 12.9. The van der Waals surface area contributed by atoms with Crippen molar-refractivity contribution in [3.63, 3.8) is 0 Å². The maximum Gasteiger partial charge on any atom is 0.278 e. The summed E-state index contributed by atoms with van der Waals surface area (Å²) in [6.07, 6.45) is 0. The summed E-state index contributed by atoms with van der Waals surface area (Å²) in [5, 5.41) is 11.1. The first-order chi connectivity index (χ1) is 15.0. The van der Waals surface area contributed by atoms with Crippen LogP contribution in [-0.2, 0) is 4.74 Å². The average molecular weight is 419 g/mol. The molecule has 1 fully saturated rings. The molecule has 160 valence electrons. The van der Waals surface area contributed by atoms with Gasteiger partial charge in [-0.1, -0.05) is 23.4 Å². The van der Waals surface area contributed by atoms with Gasteiger partial charge in [0.05, 0.1) is 24.6 Å². The van der Waals surface area contributed by atoms with E-state index < -0.39 is 0 Å². The molecule has 0 saturated carbocycles. The van der Waals surface area contributed by atoms with Gasteiger partial charge in [0.25, 0.3) is 11.8 Å². The molecule has 0 atom stereocenters. The van der Waals surface area contributed by atoms with Crippen molar-refractivity contribution in [1.29, 1.82) is 0 Å². The van der Waals surface area contributed by atoms with E-state index in [2.05, 4.69) is 15.6 Å². The largest absolute Gasteiger partial charge is 0.378 e. The van der Waals surface area contributed by atoms with Crippen molar-refractivity contribution in [2.24, 2.45) is 0 Å². The molecule has 1 N–H and O–H groups in total. The average Bonchev–Trinajstić information content (AvgIpc) is 3.17. The second kappa shape index (κ2) is 8.69. The minimum Gasteiger partial charge on any atom is -0.378 e. The number of anilines is 1. The van der Waals surface area contributed by atoms with E-state index >= 15 is 0 Å². The van der Waals surface area contributed by atoms with Gasteiger partial charge in [-0.2, -0.15) is 0 Å². The number of nitrogens with one attached hydrogen (secondary N) is 1. The Morgan fingerprint density at radius 3 is 2.52 bits per heavy atom. The zero-order valence-corrected chi connectivity index (χ0v) is 17.9. The highest BCUT2D eigenvalue weighted by atomic mass is 16.5. The van der Waals surface area contributed by atoms with E-state index in [1.165, 1.54) is 0 Å². The number of amides is 2. The SMILES string of the molecule is Cc1cccc(-n2nnc(C(=O)Nc3cccc(C(=O)N4CCOCC4)c3C)c2C)c1. The van der Waals surface area contributed by atoms with Gasteiger partial charge in [-0.05, 0) is 56.2 Å². The molecule has 2 amide bonds. The van der Waals surface area contributed by atoms with Gasteiger partial charge in [0.1, 0.15) is 0 Å². The van der Waals surface area contributed by atoms with Crippen molar-refractivity contribution < 1.29 is 14.3 Å². The van der Waals surface area contributed by atoms with Crippen molar-refractivity contribution in [2.45, 2.75) is 20.8 Å². The summed E-state index contributed by atoms with van der Waals surface area (Å²) in [4.78, 5) is 27.6. The zero-order chi connectivity index (χ0) is 22.0. The van der Waals surface area contributed by atoms with Crippen LogP contribution >= 0.6 is 0 Å². The lowest BCUT2D eigenvalue weighted by atomic mass is 10.0. The Balaban J connectivity index is 1.56. The van der Waals surface area contributed by atoms with Gasteiger partial charge < -0.3 is 15.0 Å². The topological polar surface area (TPSA) is 89.3 Å². The lowest BCUT2D eigenvalue weighted by Gasteiger charge is -2.27. The summed E-state index contributed by atoms with van der Waals surface area (Å²) >= 11 is 0. The smallest absolute Gasteiger partial charge is 0.278 e. The lowest BCUT2D eigenvalue weighted by molar-refractivity contribution is 0.0302. The van der Waals surface area contributed by atoms with E-state index in [9.17, 15) is 9.59 Å². The molecule has 1 aromatic heterocycles. The molecule has 2 heterocycles. The molecule has 1 aliphatic heterocycles. The number of aromatic nitrogens is 3. The van der Waals surface area contributed by atoms with Gasteiger partial charge in [0.15, 0.2) is 5.69 Å². The van der Waals surface area contributed by atoms with Crippen LogP contribution in [-0.4, -0.2) is 58.0 Å². The lowest BCUT2D eigenvalue weighted by Crippen LogP contribution is -2.41. The Hall–Kier alpha value is -3.52. The molecule has 0 bridgehead atoms. The van der Waals surface area contributed by atoms with Crippen molar-refractivity contribution in [2.75, 3.05) is 31.6 Å². The first-order valence-electron chi connectivity index (χ1n) is 10.2. The molecule has 0 radical (unpaired) electrons. The van der Waals surface area contributed by atoms with E-state index in [0.717, 1.165) is 16.8 Å². The van der Waals surface area contributed by atoms with Crippen LogP contribution in [0.2, 0.25) is 0 Å². The number of nitrogens with zero attached hydrogens (tertiary/aromatic N) is 4. The summed E-state index contributed by atoms with van der Waals surface area (Å²) in [5.74, 6) is -0.422. The molecule has 4 rings (SSSR count). The predicted molar refractivity (Wildman–Crippen MR) is 117 cm³/mol. The summed E-state index contributed by atoms with van der Waals surface area (Å²) in [5.41, 5.74) is 4.69. The maximum atomic E-state index is 12.9. The number of hydrogen-bond acceptors (Lipinski definition) is 5. The summed E-state index contributed by atoms with van der Waals surface area (Å²) in [7, 11) is 0. The van der Waals surface area contributed by atoms with Crippen LogP contribution in [0.15, 0.2) is 42.5 Å². The van der Waals surface area contributed by atoms with E-state index in [1.54, 1.807) is 27.8 Å². The van der Waals surface area contributed by atoms with Crippen molar-refractivity contribution in [3.05, 3.63) is 70.5 Å². The predicted octanol–water partition coefficient (Wildman–Crippen LogP) is 2.92. The van der Waals surface area contributed by atoms with Crippen LogP contribution in [0.4, 0.5) is 5.69 Å². The van der Waals surface area contributed by atoms with E-state index in [0.29, 0.717) is 43.2 Å². The highest BCUT2D eigenvalue weighted by Gasteiger charge is 2.23. The van der Waals surface area contributed by atoms with Crippen LogP contribution in [0.5, 0.6) is 0 Å². The molecule has 8 nitrogen and oxygen atoms in total. The Labute approximate surface area is 180 Å². The molecule has 8 heteroatoms. The number of benzene rings is 2. The quantitative estimate of drug-likeness (QED) is 0.702. The third-order valence-corrected chi connectivity index (χ3v) is 5.47. The first-order valence-corrected chi connectivity index (χ1v) is 10.2. The second-order valence-corrected chi connectivity index (χ2v) is 7.61. The van der Waals surface area contributed by atoms with Crippen LogP contribution in [0, 0.1) is 20.8 Å². The number of hydrogen-bond donors (Lipinski definition) is 1. The molecular formula is C23H25N5O3. The van der Waals surface area contributed by atoms with Crippen molar-refractivity contribution in [1.82, 2.24) is 19.9 Å². The van der Waals surface area contributed by atoms with Gasteiger partial charge in [0.2, 0.25) is 0 Å². The minimum absolute atomic E-state index is 0.0570. The van der Waals surface area contributed by atoms with Crippen LogP contribution in [0.1, 0.15) is 37.7 Å². The molecule has 2 aromatic carbocycles. The van der Waals surface area contributed by atoms with Gasteiger partial charge in [-0.25, -0.2) is 4.68 Å². The number of carbonyl (C=O) groups is 2. The van der Waals surface area contributed by atoms with Crippen LogP contribution in [0.25, 0.3) is 5.69 Å². The van der Waals surface area contributed by atoms with Crippen molar-refractivity contribution in [3.8, 4) is 5.69 Å². The molecular weight excluding hydrogens is 394 g/mol. The number of carbonyl (C=O) groups excluding carboxylic acids is 2. The Kier molecular flexibility index (Phi) is 5.81. The standard InChI is InChI=1S/C23H25N5O3/c1-15-6-4-7-18(14-15)28-17(3)21(25-26-28)22(29)24-20-9-5-8-19(16(20)2)23(30)27-10-12-31-13-11-27/h4-9,14H,10-13H2,1-3H3,(H,24,29). The van der Waals surface area contributed by atoms with E-state index in [-0.39, 0.29) is 17.5 Å². The van der Waals surface area contributed by atoms with Crippen molar-refractivity contribution >= 4 is 17.5 Å². The zero-order valence-electron chi connectivity index (χ0n) is 17.9. The molecule has 31 heavy (non-hydrogen) atoms. The van der Waals surface area contributed by atoms with E-state index in [4.69, 9.17) is 4.74 Å². The van der Waals surface area contributed by atoms with Gasteiger partial charge in [-0.15, -0.1) is 5.10 Å². The van der Waals surface area contributed by atoms with Crippen LogP contribution in [0.3, 0.4) is 0 Å². The van der Waals surface area contributed by atoms with Crippen LogP contribution < -0.4 is 5.32 Å². The Morgan fingerprint density at radius 2 is 1.77 bits per heavy atom. The molecule has 0 unspecified atom stereocenters. The third kappa shape index (κ3) is 4.20. The molecule has 0 aliphatic carbocycles. The molecule has 0 spiro atoms. The fraction of sp³-hybridized carbons (Fsp3) is 0.304. The third-order valence-electron chi connectivity index (χ3n) is 5.47. The molecule has 1 saturated heterocycles. The normalized spacial score (nSPS) is 13.8. The summed E-state index contributed by atoms with van der Waals surface area (Å²) < 4.78 is 6.97. The fourth-order valence-electron chi connectivity index (χ4n) is 3.66. The summed E-state index contributed by atoms with van der Waals surface area (Å²) in [6.45, 7) is 7.85.